The molecule has 3 N–H and O–H groups in total. The van der Waals surface area contributed by atoms with E-state index in [1.165, 1.54) is 0 Å². The van der Waals surface area contributed by atoms with Gasteiger partial charge in [0.25, 0.3) is 0 Å². The molecule has 0 saturated heterocycles. The number of nitrogens with two attached hydrogens (primary N) is 1. The molecular formula is C10H13BrN6. The number of aryl methyl sites for hydroxylation is 1. The number of rotatable bonds is 3. The number of nitrogens with zero attached hydrogens (tertiary/aromatic N) is 4. The lowest BCUT2D eigenvalue weighted by molar-refractivity contribution is 0.717. The summed E-state index contributed by atoms with van der Waals surface area (Å²) in [5.41, 5.74) is 6.45. The molecule has 17 heavy (non-hydrogen) atoms. The molecule has 0 aliphatic heterocycles. The van der Waals surface area contributed by atoms with Gasteiger partial charge < -0.3 is 15.6 Å². The van der Waals surface area contributed by atoms with Crippen LogP contribution in [0.2, 0.25) is 0 Å². The Balaban J connectivity index is 2.19. The number of nitrogen functional groups attached to an aromatic ring is 1. The van der Waals surface area contributed by atoms with Gasteiger partial charge in [-0.15, -0.1) is 10.2 Å². The van der Waals surface area contributed by atoms with Crippen LogP contribution < -0.4 is 11.1 Å². The molecule has 6 nitrogen and oxygen atoms in total. The van der Waals surface area contributed by atoms with Gasteiger partial charge in [-0.3, -0.25) is 0 Å². The number of halogens is 1. The van der Waals surface area contributed by atoms with Crippen molar-refractivity contribution in [3.8, 4) is 0 Å². The van der Waals surface area contributed by atoms with Crippen LogP contribution in [0, 0.1) is 0 Å². The molecule has 0 fully saturated rings. The molecule has 0 saturated carbocycles. The third kappa shape index (κ3) is 2.55. The Kier molecular flexibility index (Phi) is 3.28. The number of nitrogens with one attached hydrogen (secondary N) is 1. The molecule has 90 valence electrons. The van der Waals surface area contributed by atoms with Gasteiger partial charge in [-0.05, 0) is 28.9 Å². The topological polar surface area (TPSA) is 81.7 Å². The lowest BCUT2D eigenvalue weighted by Crippen LogP contribution is -2.13. The normalized spacial score (nSPS) is 12.4. The SMILES string of the molecule is CC(Nc1ncc(Br)cc1N)c1nncn1C. The van der Waals surface area contributed by atoms with Crippen LogP contribution in [0.15, 0.2) is 23.1 Å². The maximum atomic E-state index is 5.86. The van der Waals surface area contributed by atoms with Crippen molar-refractivity contribution in [1.29, 1.82) is 0 Å². The van der Waals surface area contributed by atoms with Crippen LogP contribution >= 0.6 is 15.9 Å². The van der Waals surface area contributed by atoms with Crippen molar-refractivity contribution in [1.82, 2.24) is 19.7 Å². The predicted molar refractivity (Wildman–Crippen MR) is 69.4 cm³/mol. The summed E-state index contributed by atoms with van der Waals surface area (Å²) < 4.78 is 2.71. The highest BCUT2D eigenvalue weighted by atomic mass is 79.9. The summed E-state index contributed by atoms with van der Waals surface area (Å²) in [6.07, 6.45) is 3.36. The van der Waals surface area contributed by atoms with Gasteiger partial charge in [0.1, 0.15) is 12.1 Å². The van der Waals surface area contributed by atoms with Crippen LogP contribution in [-0.4, -0.2) is 19.7 Å². The van der Waals surface area contributed by atoms with E-state index in [9.17, 15) is 0 Å². The summed E-state index contributed by atoms with van der Waals surface area (Å²) in [6, 6.07) is 1.79. The Labute approximate surface area is 107 Å². The molecule has 0 aromatic carbocycles. The van der Waals surface area contributed by atoms with Crippen LogP contribution in [0.25, 0.3) is 0 Å². The second-order valence-corrected chi connectivity index (χ2v) is 4.67. The number of hydrogen-bond acceptors (Lipinski definition) is 5. The van der Waals surface area contributed by atoms with Gasteiger partial charge in [-0.2, -0.15) is 0 Å². The third-order valence-corrected chi connectivity index (χ3v) is 2.80. The smallest absolute Gasteiger partial charge is 0.154 e. The van der Waals surface area contributed by atoms with Crippen LogP contribution in [0.1, 0.15) is 18.8 Å². The fraction of sp³-hybridized carbons (Fsp3) is 0.300. The molecule has 1 atom stereocenters. The van der Waals surface area contributed by atoms with Gasteiger partial charge in [0.2, 0.25) is 0 Å². The Morgan fingerprint density at radius 3 is 2.88 bits per heavy atom. The van der Waals surface area contributed by atoms with E-state index < -0.39 is 0 Å². The summed E-state index contributed by atoms with van der Waals surface area (Å²) in [4.78, 5) is 4.22. The molecule has 2 aromatic heterocycles. The van der Waals surface area contributed by atoms with E-state index in [1.807, 2.05) is 18.5 Å². The molecule has 0 spiro atoms. The largest absolute Gasteiger partial charge is 0.396 e. The molecule has 7 heteroatoms. The minimum absolute atomic E-state index is 0.0153. The second kappa shape index (κ2) is 4.70. The zero-order chi connectivity index (χ0) is 12.4. The van der Waals surface area contributed by atoms with Crippen molar-refractivity contribution in [3.05, 3.63) is 28.9 Å². The molecule has 2 rings (SSSR count). The summed E-state index contributed by atoms with van der Waals surface area (Å²) >= 11 is 3.32. The van der Waals surface area contributed by atoms with Crippen molar-refractivity contribution >= 4 is 27.4 Å². The molecule has 1 unspecified atom stereocenters. The van der Waals surface area contributed by atoms with Gasteiger partial charge in [0, 0.05) is 17.7 Å². The Morgan fingerprint density at radius 1 is 1.53 bits per heavy atom. The minimum atomic E-state index is -0.0153. The summed E-state index contributed by atoms with van der Waals surface area (Å²) in [6.45, 7) is 1.98. The fourth-order valence-electron chi connectivity index (χ4n) is 1.53. The van der Waals surface area contributed by atoms with E-state index >= 15 is 0 Å². The predicted octanol–water partition coefficient (Wildman–Crippen LogP) is 1.73. The molecular weight excluding hydrogens is 284 g/mol. The molecule has 0 bridgehead atoms. The Morgan fingerprint density at radius 2 is 2.29 bits per heavy atom. The average Bonchev–Trinajstić information content (AvgIpc) is 2.68. The zero-order valence-electron chi connectivity index (χ0n) is 9.55. The number of pyridine rings is 1. The van der Waals surface area contributed by atoms with Gasteiger partial charge >= 0.3 is 0 Å². The van der Waals surface area contributed by atoms with Crippen molar-refractivity contribution < 1.29 is 0 Å². The molecule has 0 radical (unpaired) electrons. The number of aromatic nitrogens is 4. The Hall–Kier alpha value is -1.63. The van der Waals surface area contributed by atoms with Crippen molar-refractivity contribution in [3.63, 3.8) is 0 Å². The van der Waals surface area contributed by atoms with E-state index in [4.69, 9.17) is 5.73 Å². The third-order valence-electron chi connectivity index (χ3n) is 2.37. The maximum absolute atomic E-state index is 5.86. The highest BCUT2D eigenvalue weighted by Crippen LogP contribution is 2.23. The van der Waals surface area contributed by atoms with E-state index in [0.29, 0.717) is 11.5 Å². The van der Waals surface area contributed by atoms with Crippen LogP contribution in [0.4, 0.5) is 11.5 Å². The Bertz CT molecular complexity index is 523. The first-order valence-corrected chi connectivity index (χ1v) is 5.88. The van der Waals surface area contributed by atoms with Gasteiger partial charge in [0.05, 0.1) is 11.7 Å². The lowest BCUT2D eigenvalue weighted by atomic mass is 10.3. The highest BCUT2D eigenvalue weighted by molar-refractivity contribution is 9.10. The van der Waals surface area contributed by atoms with Gasteiger partial charge in [-0.25, -0.2) is 4.98 Å². The van der Waals surface area contributed by atoms with Gasteiger partial charge in [-0.1, -0.05) is 0 Å². The quantitative estimate of drug-likeness (QED) is 0.901. The van der Waals surface area contributed by atoms with Crippen LogP contribution in [-0.2, 0) is 7.05 Å². The molecule has 0 amide bonds. The van der Waals surface area contributed by atoms with Crippen molar-refractivity contribution in [2.45, 2.75) is 13.0 Å². The molecule has 2 heterocycles. The summed E-state index contributed by atoms with van der Waals surface area (Å²) in [5.74, 6) is 1.47. The van der Waals surface area contributed by atoms with E-state index in [0.717, 1.165) is 10.3 Å². The zero-order valence-corrected chi connectivity index (χ0v) is 11.1. The van der Waals surface area contributed by atoms with Crippen molar-refractivity contribution in [2.75, 3.05) is 11.1 Å². The summed E-state index contributed by atoms with van der Waals surface area (Å²) in [7, 11) is 1.89. The molecule has 0 aliphatic carbocycles. The first-order valence-electron chi connectivity index (χ1n) is 5.09. The van der Waals surface area contributed by atoms with Crippen LogP contribution in [0.5, 0.6) is 0 Å². The molecule has 2 aromatic rings. The van der Waals surface area contributed by atoms with E-state index in [-0.39, 0.29) is 6.04 Å². The number of anilines is 2. The van der Waals surface area contributed by atoms with E-state index in [2.05, 4.69) is 36.4 Å². The average molecular weight is 297 g/mol. The van der Waals surface area contributed by atoms with Gasteiger partial charge in [0.15, 0.2) is 5.82 Å². The first kappa shape index (κ1) is 11.8. The van der Waals surface area contributed by atoms with Crippen molar-refractivity contribution in [2.24, 2.45) is 7.05 Å². The second-order valence-electron chi connectivity index (χ2n) is 3.76. The highest BCUT2D eigenvalue weighted by Gasteiger charge is 2.13. The first-order chi connectivity index (χ1) is 8.08. The maximum Gasteiger partial charge on any atom is 0.154 e. The van der Waals surface area contributed by atoms with Crippen LogP contribution in [0.3, 0.4) is 0 Å². The van der Waals surface area contributed by atoms with E-state index in [1.54, 1.807) is 18.6 Å². The fourth-order valence-corrected chi connectivity index (χ4v) is 1.88. The lowest BCUT2D eigenvalue weighted by Gasteiger charge is -2.14. The number of hydrogen-bond donors (Lipinski definition) is 2. The summed E-state index contributed by atoms with van der Waals surface area (Å²) in [5, 5.41) is 11.1. The molecule has 0 aliphatic rings. The minimum Gasteiger partial charge on any atom is -0.396 e. The standard InChI is InChI=1S/C10H13BrN6/c1-6(10-16-14-5-17(10)2)15-9-8(12)3-7(11)4-13-9/h3-6H,12H2,1-2H3,(H,13,15). The monoisotopic (exact) mass is 296 g/mol.